The zero-order valence-corrected chi connectivity index (χ0v) is 66.3. The van der Waals surface area contributed by atoms with Crippen molar-refractivity contribution in [3.8, 4) is 57.1 Å². The van der Waals surface area contributed by atoms with Crippen LogP contribution in [0.25, 0.3) is 11.1 Å². The molecule has 5 aromatic carbocycles. The van der Waals surface area contributed by atoms with Gasteiger partial charge < -0.3 is 143 Å². The number of likely N-dealkylation sites (N-methyl/N-ethyl adjacent to an activating group) is 1. The van der Waals surface area contributed by atoms with Gasteiger partial charge in [-0.15, -0.1) is 0 Å². The molecule has 13 rings (SSSR count). The average Bonchev–Trinajstić information content (AvgIpc) is 0.764. The van der Waals surface area contributed by atoms with Crippen molar-refractivity contribution in [3.63, 3.8) is 0 Å². The molecular formula is C80H103ClN10O26. The fourth-order valence-corrected chi connectivity index (χ4v) is 15.4. The van der Waals surface area contributed by atoms with Gasteiger partial charge in [0.2, 0.25) is 53.4 Å². The van der Waals surface area contributed by atoms with E-state index in [0.29, 0.717) is 12.8 Å². The number of benzene rings is 5. The Labute approximate surface area is 678 Å². The van der Waals surface area contributed by atoms with Crippen LogP contribution >= 0.6 is 11.6 Å². The van der Waals surface area contributed by atoms with Crippen LogP contribution in [0.4, 0.5) is 0 Å². The van der Waals surface area contributed by atoms with Crippen LogP contribution in [0.2, 0.25) is 5.02 Å². The van der Waals surface area contributed by atoms with Crippen LogP contribution in [0.15, 0.2) is 84.9 Å². The maximum absolute atomic E-state index is 16.5. The van der Waals surface area contributed by atoms with Gasteiger partial charge in [-0.05, 0) is 130 Å². The van der Waals surface area contributed by atoms with Gasteiger partial charge in [-0.3, -0.25) is 33.6 Å². The van der Waals surface area contributed by atoms with Crippen LogP contribution in [0.3, 0.4) is 0 Å². The van der Waals surface area contributed by atoms with Crippen LogP contribution in [-0.2, 0) is 66.8 Å². The van der Waals surface area contributed by atoms with Gasteiger partial charge in [-0.25, -0.2) is 4.79 Å². The standard InChI is InChI=1S/C80H103ClN10O26/c1-9-10-11-12-13-22-109-77(108)60-44-28-41(93)29-49(95)57(44)43-24-38(16-20-48(43)94)58-73(104)91-62(76(107)89-60)66(115-55-31-79(6,83)69(100)35(4)110-55)37-14-18-42(19-15-37)112-51-26-40-27-52(67(51)117-78-68(65(99)64(98)53(33-92)114-78)116-56-32-80(7,84)70(101)36(5)111-56)113-50-21-17-39(25-45(50)81)63(97)61(90-71(102)46(85-8)23-34(2)3)75(106)86-47(30-54(82)96)72(103)87-59(40)74(105)88-58/h14-21,24-29,34-36,46-47,53,55-56,58-66,68-70,78,85,92-95,97-101H,9-13,22-23,30-33,83-84H2,1-8H3,(H2,82,96)(H,86,106)(H,87,103)(H,88,105)(H,89,107)(H,90,102)(H,91,104)/t35-,36-,46?,47?,53+,55-,56-,58?,59?,60?,61?,62?,63?,64+,65-,66?,68+,69-,70-,78-,79-,80-/m0/s1. The van der Waals surface area contributed by atoms with E-state index in [1.165, 1.54) is 71.1 Å². The number of hydrogen-bond acceptors (Lipinski definition) is 29. The molecule has 22 N–H and O–H groups in total. The molecule has 636 valence electrons. The molecule has 8 aliphatic heterocycles. The fraction of sp³-hybridized carbons (Fsp3) is 0.525. The summed E-state index contributed by atoms with van der Waals surface area (Å²) in [6.45, 7) is 10.6. The molecule has 11 bridgehead atoms. The number of fused-ring (bicyclic) bond motifs is 15. The molecule has 8 aliphatic rings. The molecule has 3 saturated heterocycles. The number of phenols is 3. The van der Waals surface area contributed by atoms with E-state index in [0.717, 1.165) is 67.8 Å². The third-order valence-electron chi connectivity index (χ3n) is 21.6. The number of primary amides is 1. The summed E-state index contributed by atoms with van der Waals surface area (Å²) in [5, 5.41) is 123. The number of amides is 7. The van der Waals surface area contributed by atoms with E-state index < -0.39 is 239 Å². The van der Waals surface area contributed by atoms with E-state index in [9.17, 15) is 60.3 Å². The Morgan fingerprint density at radius 3 is 1.91 bits per heavy atom. The first-order valence-corrected chi connectivity index (χ1v) is 39.1. The van der Waals surface area contributed by atoms with Gasteiger partial charge in [-0.1, -0.05) is 82.3 Å². The minimum absolute atomic E-state index is 0.00371. The maximum atomic E-state index is 16.5. The van der Waals surface area contributed by atoms with Gasteiger partial charge in [0.05, 0.1) is 55.1 Å². The van der Waals surface area contributed by atoms with Crippen LogP contribution in [0.1, 0.15) is 164 Å². The summed E-state index contributed by atoms with van der Waals surface area (Å²) in [4.78, 5) is 122. The van der Waals surface area contributed by atoms with E-state index in [1.54, 1.807) is 0 Å². The number of halogens is 1. The van der Waals surface area contributed by atoms with Crippen molar-refractivity contribution in [2.75, 3.05) is 20.3 Å². The Kier molecular flexibility index (Phi) is 28.0. The molecule has 0 aliphatic carbocycles. The molecular weight excluding hydrogens is 1550 g/mol. The number of aliphatic hydroxyl groups excluding tert-OH is 6. The number of phenolic OH excluding ortho intramolecular Hbond substituents is 3. The first kappa shape index (κ1) is 88.2. The lowest BCUT2D eigenvalue weighted by atomic mass is 9.86. The van der Waals surface area contributed by atoms with Crippen LogP contribution in [-0.4, -0.2) is 216 Å². The van der Waals surface area contributed by atoms with Crippen molar-refractivity contribution in [1.82, 2.24) is 37.2 Å². The maximum Gasteiger partial charge on any atom is 0.333 e. The quantitative estimate of drug-likeness (QED) is 0.0369. The smallest absolute Gasteiger partial charge is 0.333 e. The number of esters is 1. The molecule has 8 heterocycles. The largest absolute Gasteiger partial charge is 0.508 e. The van der Waals surface area contributed by atoms with E-state index in [1.807, 2.05) is 20.8 Å². The third kappa shape index (κ3) is 20.1. The second kappa shape index (κ2) is 37.1. The highest BCUT2D eigenvalue weighted by Gasteiger charge is 2.52. The van der Waals surface area contributed by atoms with Gasteiger partial charge in [0, 0.05) is 46.7 Å². The Hall–Kier alpha value is -9.61. The molecule has 0 saturated carbocycles. The summed E-state index contributed by atoms with van der Waals surface area (Å²) in [5.74, 6) is -14.3. The summed E-state index contributed by atoms with van der Waals surface area (Å²) in [5.41, 5.74) is 14.3. The molecule has 36 nitrogen and oxygen atoms in total. The van der Waals surface area contributed by atoms with Gasteiger partial charge in [0.1, 0.15) is 89.5 Å². The number of aliphatic hydroxyl groups is 6. The monoisotopic (exact) mass is 1650 g/mol. The molecule has 7 amide bonds. The van der Waals surface area contributed by atoms with Crippen LogP contribution in [0, 0.1) is 5.92 Å². The van der Waals surface area contributed by atoms with Gasteiger partial charge in [0.25, 0.3) is 0 Å². The number of nitrogens with two attached hydrogens (primary N) is 3. The van der Waals surface area contributed by atoms with E-state index in [-0.39, 0.29) is 76.1 Å². The molecule has 22 atom stereocenters. The summed E-state index contributed by atoms with van der Waals surface area (Å²) in [7, 11) is 1.49. The molecule has 0 aromatic heterocycles. The van der Waals surface area contributed by atoms with E-state index >= 15 is 24.0 Å². The number of carbonyl (C=O) groups excluding carboxylic acids is 8. The lowest BCUT2D eigenvalue weighted by molar-refractivity contribution is -0.333. The van der Waals surface area contributed by atoms with Gasteiger partial charge in [0.15, 0.2) is 36.2 Å². The Balaban J connectivity index is 1.17. The fourth-order valence-electron chi connectivity index (χ4n) is 15.2. The molecule has 3 fully saturated rings. The SMILES string of the molecule is CCCCCCCOC(=O)C1NC(=O)C2NC(=O)C(NC(=O)C3NC(=O)C(CC(N)=O)NC(=O)C(NC(=O)C(CC(C)C)NC)C(O)c4ccc(c(Cl)c4)Oc4cc3cc(c4O[C@@H]3O[C@H](CO)[C@@H](O)[C@H](O)[C@H]3O[C@H]3C[C@](C)(N)[C@@H](O)[C@H](C)O3)Oc3ccc(cc3)C2O[C@H]2C[C@](C)(N)[C@@H](O)[C@H](C)O2)c2ccc(O)c(c2)-c2c(O)cc(O)cc21. The first-order valence-electron chi connectivity index (χ1n) is 38.7. The van der Waals surface area contributed by atoms with Crippen molar-refractivity contribution in [3.05, 3.63) is 118 Å². The number of aromatic hydroxyl groups is 3. The highest BCUT2D eigenvalue weighted by Crippen LogP contribution is 2.50. The lowest BCUT2D eigenvalue weighted by Crippen LogP contribution is -2.64. The van der Waals surface area contributed by atoms with E-state index in [2.05, 4.69) is 37.2 Å². The average molecular weight is 1660 g/mol. The number of hydrogen-bond donors (Lipinski definition) is 19. The van der Waals surface area contributed by atoms with Crippen LogP contribution in [0.5, 0.6) is 46.0 Å². The van der Waals surface area contributed by atoms with E-state index in [4.69, 9.17) is 71.4 Å². The number of ether oxygens (including phenoxy) is 9. The molecule has 37 heteroatoms. The first-order chi connectivity index (χ1) is 55.4. The summed E-state index contributed by atoms with van der Waals surface area (Å²) in [6, 6.07) is 2.55. The highest BCUT2D eigenvalue weighted by molar-refractivity contribution is 6.32. The van der Waals surface area contributed by atoms with Crippen molar-refractivity contribution in [2.24, 2.45) is 23.1 Å². The summed E-state index contributed by atoms with van der Waals surface area (Å²) >= 11 is 7.17. The number of rotatable bonds is 21. The predicted molar refractivity (Wildman–Crippen MR) is 413 cm³/mol. The zero-order chi connectivity index (χ0) is 85.0. The minimum atomic E-state index is -2.33. The van der Waals surface area contributed by atoms with Crippen molar-refractivity contribution in [1.29, 1.82) is 0 Å². The Morgan fingerprint density at radius 1 is 0.667 bits per heavy atom. The number of unbranched alkanes of at least 4 members (excludes halogenated alkanes) is 4. The van der Waals surface area contributed by atoms with Crippen molar-refractivity contribution < 1.29 is 127 Å². The predicted octanol–water partition coefficient (Wildman–Crippen LogP) is 2.12. The van der Waals surface area contributed by atoms with Crippen molar-refractivity contribution >= 4 is 58.9 Å². The Bertz CT molecular complexity index is 4480. The molecule has 9 unspecified atom stereocenters. The number of nitrogens with one attached hydrogen (secondary N) is 7. The number of carbonyl (C=O) groups is 8. The molecule has 5 aromatic rings. The van der Waals surface area contributed by atoms with Crippen molar-refractivity contribution in [2.45, 2.75) is 240 Å². The zero-order valence-electron chi connectivity index (χ0n) is 65.6. The molecule has 117 heavy (non-hydrogen) atoms. The highest BCUT2D eigenvalue weighted by atomic mass is 35.5. The topological polar surface area (TPSA) is 564 Å². The minimum Gasteiger partial charge on any atom is -0.508 e. The van der Waals surface area contributed by atoms with Crippen LogP contribution < -0.4 is 68.6 Å². The third-order valence-corrected chi connectivity index (χ3v) is 21.8. The normalized spacial score (nSPS) is 31.0. The molecule has 0 spiro atoms. The molecule has 0 radical (unpaired) electrons. The second-order valence-electron chi connectivity index (χ2n) is 31.4. The van der Waals surface area contributed by atoms with Gasteiger partial charge in [-0.2, -0.15) is 0 Å². The summed E-state index contributed by atoms with van der Waals surface area (Å²) < 4.78 is 58.1. The Morgan fingerprint density at radius 2 is 1.28 bits per heavy atom. The van der Waals surface area contributed by atoms with Gasteiger partial charge >= 0.3 is 5.97 Å². The second-order valence-corrected chi connectivity index (χ2v) is 31.8. The summed E-state index contributed by atoms with van der Waals surface area (Å²) in [6.07, 6.45) is -18.6. The lowest BCUT2D eigenvalue weighted by Gasteiger charge is -2.47.